The number of carbonyl (C=O) groups is 2. The van der Waals surface area contributed by atoms with Crippen LogP contribution >= 0.6 is 11.3 Å². The molecule has 1 atom stereocenters. The lowest BCUT2D eigenvalue weighted by Crippen LogP contribution is -2.29. The smallest absolute Gasteiger partial charge is 0.228 e. The first kappa shape index (κ1) is 18.1. The third-order valence-electron chi connectivity index (χ3n) is 4.08. The van der Waals surface area contributed by atoms with E-state index in [1.54, 1.807) is 0 Å². The fourth-order valence-corrected chi connectivity index (χ4v) is 3.73. The van der Waals surface area contributed by atoms with Crippen LogP contribution in [0.4, 0.5) is 5.13 Å². The third-order valence-corrected chi connectivity index (χ3v) is 5.01. The Bertz CT molecular complexity index is 921. The summed E-state index contributed by atoms with van der Waals surface area (Å²) in [5.41, 5.74) is 3.02. The molecular formula is C20H21N3O2S. The molecule has 5 nitrogen and oxygen atoms in total. The van der Waals surface area contributed by atoms with Gasteiger partial charge in [-0.2, -0.15) is 0 Å². The highest BCUT2D eigenvalue weighted by Crippen LogP contribution is 2.27. The van der Waals surface area contributed by atoms with Crippen molar-refractivity contribution >= 4 is 38.5 Å². The van der Waals surface area contributed by atoms with Crippen molar-refractivity contribution in [3.8, 4) is 0 Å². The number of aryl methyl sites for hydroxylation is 1. The van der Waals surface area contributed by atoms with Crippen LogP contribution in [0.2, 0.25) is 0 Å². The van der Waals surface area contributed by atoms with Gasteiger partial charge in [0.05, 0.1) is 22.7 Å². The minimum atomic E-state index is -0.366. The van der Waals surface area contributed by atoms with Crippen LogP contribution in [-0.4, -0.2) is 16.8 Å². The Hall–Kier alpha value is -2.73. The van der Waals surface area contributed by atoms with E-state index in [2.05, 4.69) is 34.7 Å². The summed E-state index contributed by atoms with van der Waals surface area (Å²) in [6.07, 6.45) is 1.12. The largest absolute Gasteiger partial charge is 0.349 e. The van der Waals surface area contributed by atoms with Gasteiger partial charge in [-0.25, -0.2) is 4.98 Å². The second-order valence-corrected chi connectivity index (χ2v) is 7.12. The Morgan fingerprint density at radius 1 is 1.15 bits per heavy atom. The van der Waals surface area contributed by atoms with E-state index in [0.29, 0.717) is 5.13 Å². The molecule has 0 fully saturated rings. The first-order valence-electron chi connectivity index (χ1n) is 8.56. The Kier molecular flexibility index (Phi) is 5.63. The predicted octanol–water partition coefficient (Wildman–Crippen LogP) is 4.06. The number of anilines is 1. The number of amides is 2. The van der Waals surface area contributed by atoms with Crippen LogP contribution in [0.1, 0.15) is 37.4 Å². The SMILES string of the molecule is CCc1ccc2nc(NC(=O)CC(NC(C)=O)c3ccccc3)sc2c1. The maximum Gasteiger partial charge on any atom is 0.228 e. The molecule has 0 aliphatic rings. The van der Waals surface area contributed by atoms with Crippen molar-refractivity contribution in [1.82, 2.24) is 10.3 Å². The molecule has 1 unspecified atom stereocenters. The summed E-state index contributed by atoms with van der Waals surface area (Å²) in [6.45, 7) is 3.56. The van der Waals surface area contributed by atoms with Crippen LogP contribution in [0.25, 0.3) is 10.2 Å². The second kappa shape index (κ2) is 8.10. The number of rotatable bonds is 6. The van der Waals surface area contributed by atoms with Gasteiger partial charge in [-0.05, 0) is 29.7 Å². The highest BCUT2D eigenvalue weighted by Gasteiger charge is 2.18. The summed E-state index contributed by atoms with van der Waals surface area (Å²) in [5, 5.41) is 6.27. The number of nitrogens with zero attached hydrogens (tertiary/aromatic N) is 1. The molecule has 2 aromatic carbocycles. The number of thiazole rings is 1. The van der Waals surface area contributed by atoms with E-state index in [1.807, 2.05) is 36.4 Å². The van der Waals surface area contributed by atoms with Crippen LogP contribution in [0, 0.1) is 0 Å². The highest BCUT2D eigenvalue weighted by molar-refractivity contribution is 7.22. The predicted molar refractivity (Wildman–Crippen MR) is 105 cm³/mol. The summed E-state index contributed by atoms with van der Waals surface area (Å²) in [5.74, 6) is -0.346. The molecule has 1 aromatic heterocycles. The second-order valence-electron chi connectivity index (χ2n) is 6.09. The first-order valence-corrected chi connectivity index (χ1v) is 9.38. The van der Waals surface area contributed by atoms with Crippen molar-refractivity contribution in [2.45, 2.75) is 32.7 Å². The molecule has 0 spiro atoms. The van der Waals surface area contributed by atoms with Crippen molar-refractivity contribution in [3.05, 3.63) is 59.7 Å². The van der Waals surface area contributed by atoms with Gasteiger partial charge in [-0.15, -0.1) is 0 Å². The van der Waals surface area contributed by atoms with Gasteiger partial charge in [0.15, 0.2) is 5.13 Å². The molecule has 0 bridgehead atoms. The molecule has 2 amide bonds. The van der Waals surface area contributed by atoms with Gasteiger partial charge in [0.25, 0.3) is 0 Å². The zero-order valence-electron chi connectivity index (χ0n) is 14.8. The normalized spacial score (nSPS) is 11.9. The lowest BCUT2D eigenvalue weighted by atomic mass is 10.0. The monoisotopic (exact) mass is 367 g/mol. The topological polar surface area (TPSA) is 71.1 Å². The van der Waals surface area contributed by atoms with Crippen LogP contribution < -0.4 is 10.6 Å². The van der Waals surface area contributed by atoms with E-state index in [0.717, 1.165) is 22.2 Å². The summed E-state index contributed by atoms with van der Waals surface area (Å²) in [4.78, 5) is 28.4. The highest BCUT2D eigenvalue weighted by atomic mass is 32.1. The average Bonchev–Trinajstić information content (AvgIpc) is 3.02. The van der Waals surface area contributed by atoms with Crippen LogP contribution in [-0.2, 0) is 16.0 Å². The molecule has 3 rings (SSSR count). The van der Waals surface area contributed by atoms with Crippen LogP contribution in [0.3, 0.4) is 0 Å². The van der Waals surface area contributed by atoms with E-state index in [9.17, 15) is 9.59 Å². The fraction of sp³-hybridized carbons (Fsp3) is 0.250. The molecular weight excluding hydrogens is 346 g/mol. The zero-order chi connectivity index (χ0) is 18.5. The maximum atomic E-state index is 12.5. The molecule has 0 aliphatic carbocycles. The van der Waals surface area contributed by atoms with Gasteiger partial charge in [0.1, 0.15) is 0 Å². The number of hydrogen-bond donors (Lipinski definition) is 2. The Balaban J connectivity index is 1.72. The maximum absolute atomic E-state index is 12.5. The molecule has 1 heterocycles. The Morgan fingerprint density at radius 2 is 1.92 bits per heavy atom. The summed E-state index contributed by atoms with van der Waals surface area (Å²) < 4.78 is 1.06. The van der Waals surface area contributed by atoms with E-state index in [4.69, 9.17) is 0 Å². The molecule has 0 saturated carbocycles. The van der Waals surface area contributed by atoms with Gasteiger partial charge in [0, 0.05) is 6.92 Å². The summed E-state index contributed by atoms with van der Waals surface area (Å²) >= 11 is 1.46. The van der Waals surface area contributed by atoms with Gasteiger partial charge < -0.3 is 10.6 Å². The van der Waals surface area contributed by atoms with Gasteiger partial charge >= 0.3 is 0 Å². The average molecular weight is 367 g/mol. The number of aromatic nitrogens is 1. The van der Waals surface area contributed by atoms with Crippen LogP contribution in [0.5, 0.6) is 0 Å². The molecule has 2 N–H and O–H groups in total. The lowest BCUT2D eigenvalue weighted by molar-refractivity contribution is -0.120. The van der Waals surface area contributed by atoms with Crippen molar-refractivity contribution in [2.24, 2.45) is 0 Å². The molecule has 3 aromatic rings. The van der Waals surface area contributed by atoms with Gasteiger partial charge in [0.2, 0.25) is 11.8 Å². The van der Waals surface area contributed by atoms with Crippen molar-refractivity contribution in [1.29, 1.82) is 0 Å². The number of benzene rings is 2. The molecule has 134 valence electrons. The van der Waals surface area contributed by atoms with Crippen molar-refractivity contribution in [2.75, 3.05) is 5.32 Å². The fourth-order valence-electron chi connectivity index (χ4n) is 2.78. The van der Waals surface area contributed by atoms with Gasteiger partial charge in [-0.3, -0.25) is 9.59 Å². The zero-order valence-corrected chi connectivity index (χ0v) is 15.6. The molecule has 26 heavy (non-hydrogen) atoms. The van der Waals surface area contributed by atoms with E-state index in [1.165, 1.54) is 23.8 Å². The van der Waals surface area contributed by atoms with E-state index >= 15 is 0 Å². The number of fused-ring (bicyclic) bond motifs is 1. The lowest BCUT2D eigenvalue weighted by Gasteiger charge is -2.17. The van der Waals surface area contributed by atoms with E-state index < -0.39 is 0 Å². The quantitative estimate of drug-likeness (QED) is 0.690. The molecule has 6 heteroatoms. The van der Waals surface area contributed by atoms with E-state index in [-0.39, 0.29) is 24.3 Å². The minimum Gasteiger partial charge on any atom is -0.349 e. The summed E-state index contributed by atoms with van der Waals surface area (Å²) in [7, 11) is 0. The number of hydrogen-bond acceptors (Lipinski definition) is 4. The molecule has 0 aliphatic heterocycles. The first-order chi connectivity index (χ1) is 12.5. The standard InChI is InChI=1S/C20H21N3O2S/c1-3-14-9-10-16-18(11-14)26-20(22-16)23-19(25)12-17(21-13(2)24)15-7-5-4-6-8-15/h4-11,17H,3,12H2,1-2H3,(H,21,24)(H,22,23,25). The third kappa shape index (κ3) is 4.46. The number of nitrogens with one attached hydrogen (secondary N) is 2. The van der Waals surface area contributed by atoms with Crippen LogP contribution in [0.15, 0.2) is 48.5 Å². The molecule has 0 saturated heterocycles. The molecule has 0 radical (unpaired) electrons. The number of carbonyl (C=O) groups excluding carboxylic acids is 2. The minimum absolute atomic E-state index is 0.153. The Labute approximate surface area is 156 Å². The Morgan fingerprint density at radius 3 is 2.62 bits per heavy atom. The van der Waals surface area contributed by atoms with Crippen molar-refractivity contribution in [3.63, 3.8) is 0 Å². The summed E-state index contributed by atoms with van der Waals surface area (Å²) in [6, 6.07) is 15.2. The van der Waals surface area contributed by atoms with Crippen molar-refractivity contribution < 1.29 is 9.59 Å². The van der Waals surface area contributed by atoms with Gasteiger partial charge in [-0.1, -0.05) is 54.7 Å².